The lowest BCUT2D eigenvalue weighted by Crippen LogP contribution is -2.19. The standard InChI is InChI=1S/C14H12FN3O/c15-13-7-11(2-1-4-16)6-12(8-13)9-18-10-17-5-3-14(18)19/h3,5-8,10H,4,9,16H2. The van der Waals surface area contributed by atoms with Crippen molar-refractivity contribution in [1.82, 2.24) is 9.55 Å². The van der Waals surface area contributed by atoms with Crippen LogP contribution in [0.3, 0.4) is 0 Å². The summed E-state index contributed by atoms with van der Waals surface area (Å²) in [6.07, 6.45) is 2.83. The van der Waals surface area contributed by atoms with Gasteiger partial charge in [-0.15, -0.1) is 0 Å². The fourth-order valence-corrected chi connectivity index (χ4v) is 1.66. The Bertz CT molecular complexity index is 698. The highest BCUT2D eigenvalue weighted by molar-refractivity contribution is 5.38. The van der Waals surface area contributed by atoms with E-state index in [4.69, 9.17) is 5.73 Å². The van der Waals surface area contributed by atoms with Crippen molar-refractivity contribution in [1.29, 1.82) is 0 Å². The highest BCUT2D eigenvalue weighted by Gasteiger charge is 2.02. The zero-order valence-corrected chi connectivity index (χ0v) is 10.1. The number of benzene rings is 1. The summed E-state index contributed by atoms with van der Waals surface area (Å²) in [7, 11) is 0. The van der Waals surface area contributed by atoms with Gasteiger partial charge in [0.1, 0.15) is 5.82 Å². The van der Waals surface area contributed by atoms with Crippen molar-refractivity contribution in [3.63, 3.8) is 0 Å². The molecule has 0 atom stereocenters. The van der Waals surface area contributed by atoms with Crippen molar-refractivity contribution in [2.24, 2.45) is 5.73 Å². The first-order chi connectivity index (χ1) is 9.19. The first-order valence-electron chi connectivity index (χ1n) is 5.68. The number of halogens is 1. The second kappa shape index (κ2) is 5.94. The summed E-state index contributed by atoms with van der Waals surface area (Å²) in [5.41, 5.74) is 6.28. The number of rotatable bonds is 2. The second-order valence-electron chi connectivity index (χ2n) is 3.90. The second-order valence-corrected chi connectivity index (χ2v) is 3.90. The summed E-state index contributed by atoms with van der Waals surface area (Å²) >= 11 is 0. The van der Waals surface area contributed by atoms with E-state index >= 15 is 0 Å². The predicted molar refractivity (Wildman–Crippen MR) is 69.9 cm³/mol. The van der Waals surface area contributed by atoms with Crippen LogP contribution in [0.25, 0.3) is 0 Å². The molecule has 0 amide bonds. The van der Waals surface area contributed by atoms with Gasteiger partial charge < -0.3 is 5.73 Å². The van der Waals surface area contributed by atoms with Crippen LogP contribution in [0, 0.1) is 17.7 Å². The Morgan fingerprint density at radius 2 is 2.21 bits per heavy atom. The molecule has 5 heteroatoms. The minimum absolute atomic E-state index is 0.186. The molecule has 0 spiro atoms. The number of hydrogen-bond donors (Lipinski definition) is 1. The number of nitrogens with two attached hydrogens (primary N) is 1. The molecule has 0 fully saturated rings. The van der Waals surface area contributed by atoms with Crippen LogP contribution < -0.4 is 11.3 Å². The molecule has 0 bridgehead atoms. The Morgan fingerprint density at radius 1 is 1.37 bits per heavy atom. The summed E-state index contributed by atoms with van der Waals surface area (Å²) in [5, 5.41) is 0. The number of aromatic nitrogens is 2. The molecule has 0 aliphatic carbocycles. The van der Waals surface area contributed by atoms with Crippen LogP contribution >= 0.6 is 0 Å². The highest BCUT2D eigenvalue weighted by atomic mass is 19.1. The quantitative estimate of drug-likeness (QED) is 0.807. The first-order valence-corrected chi connectivity index (χ1v) is 5.68. The third kappa shape index (κ3) is 3.50. The molecule has 1 aromatic carbocycles. The Morgan fingerprint density at radius 3 is 2.95 bits per heavy atom. The van der Waals surface area contributed by atoms with E-state index in [1.54, 1.807) is 6.07 Å². The third-order valence-electron chi connectivity index (χ3n) is 2.44. The number of nitrogens with zero attached hydrogens (tertiary/aromatic N) is 2. The molecule has 2 aromatic rings. The van der Waals surface area contributed by atoms with Gasteiger partial charge in [-0.05, 0) is 23.8 Å². The van der Waals surface area contributed by atoms with Gasteiger partial charge in [0, 0.05) is 17.8 Å². The lowest BCUT2D eigenvalue weighted by molar-refractivity contribution is 0.621. The molecule has 0 saturated heterocycles. The van der Waals surface area contributed by atoms with Gasteiger partial charge in [-0.2, -0.15) is 0 Å². The lowest BCUT2D eigenvalue weighted by Gasteiger charge is -2.05. The highest BCUT2D eigenvalue weighted by Crippen LogP contribution is 2.09. The molecule has 0 saturated carbocycles. The van der Waals surface area contributed by atoms with E-state index in [1.807, 2.05) is 0 Å². The maximum atomic E-state index is 13.5. The monoisotopic (exact) mass is 257 g/mol. The topological polar surface area (TPSA) is 60.9 Å². The molecular weight excluding hydrogens is 245 g/mol. The Balaban J connectivity index is 2.33. The van der Waals surface area contributed by atoms with E-state index < -0.39 is 5.82 Å². The van der Waals surface area contributed by atoms with E-state index in [0.717, 1.165) is 0 Å². The maximum absolute atomic E-state index is 13.5. The third-order valence-corrected chi connectivity index (χ3v) is 2.44. The lowest BCUT2D eigenvalue weighted by atomic mass is 10.1. The molecule has 19 heavy (non-hydrogen) atoms. The van der Waals surface area contributed by atoms with Crippen LogP contribution in [0.1, 0.15) is 11.1 Å². The van der Waals surface area contributed by atoms with Gasteiger partial charge in [-0.1, -0.05) is 11.8 Å². The van der Waals surface area contributed by atoms with E-state index in [9.17, 15) is 9.18 Å². The molecule has 1 aromatic heterocycles. The van der Waals surface area contributed by atoms with Gasteiger partial charge >= 0.3 is 0 Å². The average molecular weight is 257 g/mol. The summed E-state index contributed by atoms with van der Waals surface area (Å²) in [4.78, 5) is 15.4. The normalized spacial score (nSPS) is 9.79. The Kier molecular flexibility index (Phi) is 4.06. The molecule has 1 heterocycles. The summed E-state index contributed by atoms with van der Waals surface area (Å²) in [5.74, 6) is 5.04. The molecule has 0 aliphatic rings. The zero-order chi connectivity index (χ0) is 13.7. The predicted octanol–water partition coefficient (Wildman–Crippen LogP) is 0.741. The minimum Gasteiger partial charge on any atom is -0.320 e. The molecular formula is C14H12FN3O. The molecule has 2 N–H and O–H groups in total. The van der Waals surface area contributed by atoms with Crippen LogP contribution in [-0.4, -0.2) is 16.1 Å². The zero-order valence-electron chi connectivity index (χ0n) is 10.1. The van der Waals surface area contributed by atoms with Crippen LogP contribution in [0.15, 0.2) is 41.6 Å². The van der Waals surface area contributed by atoms with Gasteiger partial charge in [-0.25, -0.2) is 9.37 Å². The van der Waals surface area contributed by atoms with Crippen molar-refractivity contribution >= 4 is 0 Å². The Hall–Kier alpha value is -2.45. The molecule has 96 valence electrons. The van der Waals surface area contributed by atoms with Crippen LogP contribution in [0.5, 0.6) is 0 Å². The van der Waals surface area contributed by atoms with Crippen LogP contribution in [-0.2, 0) is 6.54 Å². The van der Waals surface area contributed by atoms with E-state index in [1.165, 1.54) is 35.3 Å². The summed E-state index contributed by atoms with van der Waals surface area (Å²) in [6, 6.07) is 5.78. The van der Waals surface area contributed by atoms with Crippen molar-refractivity contribution < 1.29 is 4.39 Å². The molecule has 4 nitrogen and oxygen atoms in total. The van der Waals surface area contributed by atoms with Gasteiger partial charge in [0.25, 0.3) is 5.56 Å². The van der Waals surface area contributed by atoms with Crippen molar-refractivity contribution in [2.45, 2.75) is 6.54 Å². The average Bonchev–Trinajstić information content (AvgIpc) is 2.38. The van der Waals surface area contributed by atoms with E-state index in [2.05, 4.69) is 16.8 Å². The van der Waals surface area contributed by atoms with Gasteiger partial charge in [-0.3, -0.25) is 9.36 Å². The molecule has 0 aliphatic heterocycles. The molecule has 0 radical (unpaired) electrons. The van der Waals surface area contributed by atoms with Gasteiger partial charge in [0.15, 0.2) is 0 Å². The van der Waals surface area contributed by atoms with Crippen LogP contribution in [0.4, 0.5) is 4.39 Å². The van der Waals surface area contributed by atoms with Gasteiger partial charge in [0.2, 0.25) is 0 Å². The largest absolute Gasteiger partial charge is 0.320 e. The fourth-order valence-electron chi connectivity index (χ4n) is 1.66. The SMILES string of the molecule is NCC#Cc1cc(F)cc(Cn2cnccc2=O)c1. The van der Waals surface area contributed by atoms with E-state index in [0.29, 0.717) is 11.1 Å². The van der Waals surface area contributed by atoms with Crippen molar-refractivity contribution in [3.8, 4) is 11.8 Å². The van der Waals surface area contributed by atoms with Crippen LogP contribution in [0.2, 0.25) is 0 Å². The van der Waals surface area contributed by atoms with E-state index in [-0.39, 0.29) is 18.6 Å². The Labute approximate surface area is 109 Å². The summed E-state index contributed by atoms with van der Waals surface area (Å²) < 4.78 is 14.9. The molecule has 0 unspecified atom stereocenters. The first kappa shape index (κ1) is 13.0. The number of hydrogen-bond acceptors (Lipinski definition) is 3. The molecule has 2 rings (SSSR count). The summed E-state index contributed by atoms with van der Waals surface area (Å²) in [6.45, 7) is 0.468. The van der Waals surface area contributed by atoms with Gasteiger partial charge in [0.05, 0.1) is 19.4 Å². The maximum Gasteiger partial charge on any atom is 0.253 e. The smallest absolute Gasteiger partial charge is 0.253 e. The minimum atomic E-state index is -0.393. The fraction of sp³-hybridized carbons (Fsp3) is 0.143. The van der Waals surface area contributed by atoms with Crippen molar-refractivity contribution in [2.75, 3.05) is 6.54 Å². The van der Waals surface area contributed by atoms with Crippen molar-refractivity contribution in [3.05, 3.63) is 64.1 Å².